The van der Waals surface area contributed by atoms with Crippen molar-refractivity contribution in [2.24, 2.45) is 0 Å². The van der Waals surface area contributed by atoms with Crippen LogP contribution in [0.2, 0.25) is 0 Å². The molecule has 164 valence electrons. The second kappa shape index (κ2) is 10.1. The maximum Gasteiger partial charge on any atom is 0.573 e. The van der Waals surface area contributed by atoms with Gasteiger partial charge in [0.25, 0.3) is 0 Å². The van der Waals surface area contributed by atoms with Crippen LogP contribution in [0.25, 0.3) is 0 Å². The van der Waals surface area contributed by atoms with Gasteiger partial charge in [0, 0.05) is 24.0 Å². The van der Waals surface area contributed by atoms with Gasteiger partial charge in [0.2, 0.25) is 5.95 Å². The van der Waals surface area contributed by atoms with Crippen LogP contribution in [0.4, 0.5) is 35.4 Å². The van der Waals surface area contributed by atoms with Gasteiger partial charge in [0.15, 0.2) is 0 Å². The predicted octanol–water partition coefficient (Wildman–Crippen LogP) is 4.00. The van der Waals surface area contributed by atoms with Crippen molar-refractivity contribution in [2.45, 2.75) is 26.6 Å². The van der Waals surface area contributed by atoms with Gasteiger partial charge in [-0.2, -0.15) is 4.98 Å². The number of amides is 2. The van der Waals surface area contributed by atoms with Gasteiger partial charge in [-0.15, -0.1) is 13.2 Å². The Kier molecular flexibility index (Phi) is 7.81. The first-order valence-corrected chi connectivity index (χ1v) is 9.20. The van der Waals surface area contributed by atoms with E-state index in [-0.39, 0.29) is 17.3 Å². The molecule has 11 heteroatoms. The Morgan fingerprint density at radius 3 is 2.50 bits per heavy atom. The Morgan fingerprint density at radius 2 is 1.87 bits per heavy atom. The molecule has 0 saturated heterocycles. The van der Waals surface area contributed by atoms with E-state index in [1.54, 1.807) is 13.0 Å². The van der Waals surface area contributed by atoms with Crippen LogP contribution in [0, 0.1) is 13.8 Å². The first kappa shape index (κ1) is 23.2. The van der Waals surface area contributed by atoms with Gasteiger partial charge in [0.05, 0.1) is 0 Å². The fourth-order valence-corrected chi connectivity index (χ4v) is 2.56. The van der Waals surface area contributed by atoms with Crippen LogP contribution in [0.15, 0.2) is 24.3 Å². The zero-order valence-corrected chi connectivity index (χ0v) is 17.2. The maximum atomic E-state index is 12.3. The Morgan fingerprint density at radius 1 is 1.13 bits per heavy atom. The van der Waals surface area contributed by atoms with Crippen molar-refractivity contribution in [1.29, 1.82) is 0 Å². The molecule has 0 bridgehead atoms. The quantitative estimate of drug-likeness (QED) is 0.553. The third kappa shape index (κ3) is 8.11. The molecular weight excluding hydrogens is 401 g/mol. The Hall–Kier alpha value is -3.08. The van der Waals surface area contributed by atoms with Crippen molar-refractivity contribution in [1.82, 2.24) is 14.9 Å². The normalized spacial score (nSPS) is 11.3. The van der Waals surface area contributed by atoms with Gasteiger partial charge in [-0.05, 0) is 64.7 Å². The highest BCUT2D eigenvalue weighted by molar-refractivity contribution is 5.98. The number of anilines is 3. The number of carbonyl (C=O) groups excluding carboxylic acids is 1. The number of rotatable bonds is 8. The van der Waals surface area contributed by atoms with E-state index in [1.807, 2.05) is 14.1 Å². The third-order valence-corrected chi connectivity index (χ3v) is 3.83. The van der Waals surface area contributed by atoms with E-state index in [0.29, 0.717) is 23.7 Å². The fourth-order valence-electron chi connectivity index (χ4n) is 2.56. The van der Waals surface area contributed by atoms with Gasteiger partial charge in [-0.1, -0.05) is 0 Å². The molecular formula is C19H25F3N6O2. The molecule has 1 aromatic heterocycles. The van der Waals surface area contributed by atoms with Gasteiger partial charge in [-0.3, -0.25) is 5.32 Å². The van der Waals surface area contributed by atoms with Crippen LogP contribution >= 0.6 is 0 Å². The fraction of sp³-hybridized carbons (Fsp3) is 0.421. The lowest BCUT2D eigenvalue weighted by molar-refractivity contribution is -0.274. The minimum atomic E-state index is -4.78. The highest BCUT2D eigenvalue weighted by Crippen LogP contribution is 2.28. The molecule has 2 amide bonds. The largest absolute Gasteiger partial charge is 0.573 e. The number of aryl methyl sites for hydroxylation is 2. The van der Waals surface area contributed by atoms with E-state index in [0.717, 1.165) is 19.0 Å². The van der Waals surface area contributed by atoms with Gasteiger partial charge in [0.1, 0.15) is 11.6 Å². The first-order valence-electron chi connectivity index (χ1n) is 9.20. The second-order valence-corrected chi connectivity index (χ2v) is 6.91. The molecule has 0 spiro atoms. The Balaban J connectivity index is 1.96. The van der Waals surface area contributed by atoms with E-state index in [1.165, 1.54) is 19.1 Å². The highest BCUT2D eigenvalue weighted by Gasteiger charge is 2.31. The minimum absolute atomic E-state index is 0.108. The summed E-state index contributed by atoms with van der Waals surface area (Å²) < 4.78 is 41.0. The molecule has 0 unspecified atom stereocenters. The molecule has 2 rings (SSSR count). The van der Waals surface area contributed by atoms with Crippen LogP contribution in [-0.2, 0) is 0 Å². The molecule has 2 aromatic rings. The summed E-state index contributed by atoms with van der Waals surface area (Å²) in [5, 5.41) is 8.23. The van der Waals surface area contributed by atoms with Crippen LogP contribution in [0.3, 0.4) is 0 Å². The average molecular weight is 426 g/mol. The number of aromatic nitrogens is 2. The molecule has 0 fully saturated rings. The first-order chi connectivity index (χ1) is 14.0. The number of ether oxygens (including phenoxy) is 1. The van der Waals surface area contributed by atoms with Gasteiger partial charge in [-0.25, -0.2) is 9.78 Å². The smallest absolute Gasteiger partial charge is 0.406 e. The number of urea groups is 1. The second-order valence-electron chi connectivity index (χ2n) is 6.91. The molecule has 0 radical (unpaired) electrons. The molecule has 1 heterocycles. The van der Waals surface area contributed by atoms with Crippen molar-refractivity contribution >= 4 is 23.5 Å². The third-order valence-electron chi connectivity index (χ3n) is 3.83. The van der Waals surface area contributed by atoms with Crippen LogP contribution in [-0.4, -0.2) is 54.4 Å². The number of hydrogen-bond donors (Lipinski definition) is 3. The molecule has 8 nitrogen and oxygen atoms in total. The Bertz CT molecular complexity index is 874. The number of halogens is 3. The van der Waals surface area contributed by atoms with E-state index in [4.69, 9.17) is 0 Å². The standard InChI is InChI=1S/C19H25F3N6O2/c1-12-10-14(6-7-15(12)30-19(20,21)22)25-18(29)27-17-24-13(2)11-16(26-17)23-8-5-9-28(3)4/h6-7,10-11H,5,8-9H2,1-4H3,(H3,23,24,25,26,27,29). The number of hydrogen-bond acceptors (Lipinski definition) is 6. The molecule has 0 aliphatic rings. The number of benzene rings is 1. The highest BCUT2D eigenvalue weighted by atomic mass is 19.4. The van der Waals surface area contributed by atoms with Crippen molar-refractivity contribution < 1.29 is 22.7 Å². The van der Waals surface area contributed by atoms with Crippen molar-refractivity contribution in [2.75, 3.05) is 43.1 Å². The van der Waals surface area contributed by atoms with E-state index in [2.05, 4.69) is 35.6 Å². The topological polar surface area (TPSA) is 91.4 Å². The summed E-state index contributed by atoms with van der Waals surface area (Å²) in [7, 11) is 3.99. The van der Waals surface area contributed by atoms with Crippen molar-refractivity contribution in [3.63, 3.8) is 0 Å². The SMILES string of the molecule is Cc1cc(NCCCN(C)C)nc(NC(=O)Nc2ccc(OC(F)(F)F)c(C)c2)n1. The predicted molar refractivity (Wildman–Crippen MR) is 109 cm³/mol. The number of nitrogens with one attached hydrogen (secondary N) is 3. The monoisotopic (exact) mass is 426 g/mol. The van der Waals surface area contributed by atoms with Crippen molar-refractivity contribution in [3.8, 4) is 5.75 Å². The lowest BCUT2D eigenvalue weighted by Gasteiger charge is -2.13. The number of carbonyl (C=O) groups is 1. The average Bonchev–Trinajstić information content (AvgIpc) is 2.59. The molecule has 3 N–H and O–H groups in total. The summed E-state index contributed by atoms with van der Waals surface area (Å²) in [6.07, 6.45) is -3.86. The number of nitrogens with zero attached hydrogens (tertiary/aromatic N) is 3. The lowest BCUT2D eigenvalue weighted by atomic mass is 10.2. The summed E-state index contributed by atoms with van der Waals surface area (Å²) in [5.74, 6) is 0.359. The molecule has 0 saturated carbocycles. The van der Waals surface area contributed by atoms with Crippen LogP contribution < -0.4 is 20.7 Å². The van der Waals surface area contributed by atoms with Gasteiger partial charge < -0.3 is 20.3 Å². The van der Waals surface area contributed by atoms with E-state index < -0.39 is 12.4 Å². The summed E-state index contributed by atoms with van der Waals surface area (Å²) in [5.41, 5.74) is 1.19. The van der Waals surface area contributed by atoms with Crippen LogP contribution in [0.1, 0.15) is 17.7 Å². The summed E-state index contributed by atoms with van der Waals surface area (Å²) in [6.45, 7) is 4.86. The minimum Gasteiger partial charge on any atom is -0.406 e. The number of alkyl halides is 3. The summed E-state index contributed by atoms with van der Waals surface area (Å²) in [4.78, 5) is 22.7. The summed E-state index contributed by atoms with van der Waals surface area (Å²) in [6, 6.07) is 4.96. The molecule has 0 atom stereocenters. The zero-order chi connectivity index (χ0) is 22.3. The molecule has 0 aliphatic carbocycles. The molecule has 0 aliphatic heterocycles. The van der Waals surface area contributed by atoms with Crippen molar-refractivity contribution in [3.05, 3.63) is 35.5 Å². The Labute approximate surface area is 172 Å². The lowest BCUT2D eigenvalue weighted by Crippen LogP contribution is -2.22. The van der Waals surface area contributed by atoms with Crippen LogP contribution in [0.5, 0.6) is 5.75 Å². The maximum absolute atomic E-state index is 12.3. The van der Waals surface area contributed by atoms with E-state index in [9.17, 15) is 18.0 Å². The zero-order valence-electron chi connectivity index (χ0n) is 17.2. The molecule has 1 aromatic carbocycles. The van der Waals surface area contributed by atoms with E-state index >= 15 is 0 Å². The van der Waals surface area contributed by atoms with Gasteiger partial charge >= 0.3 is 12.4 Å². The summed E-state index contributed by atoms with van der Waals surface area (Å²) >= 11 is 0. The molecule has 30 heavy (non-hydrogen) atoms.